The fourth-order valence-corrected chi connectivity index (χ4v) is 9.74. The zero-order valence-corrected chi connectivity index (χ0v) is 36.9. The van der Waals surface area contributed by atoms with Crippen LogP contribution in [-0.2, 0) is 0 Å². The molecule has 9 aromatic carbocycles. The minimum Gasteiger partial charge on any atom is -0.456 e. The highest BCUT2D eigenvalue weighted by Gasteiger charge is 2.23. The van der Waals surface area contributed by atoms with Gasteiger partial charge in [-0.25, -0.2) is 0 Å². The van der Waals surface area contributed by atoms with Crippen molar-refractivity contribution in [1.29, 1.82) is 0 Å². The molecule has 0 saturated heterocycles. The Hall–Kier alpha value is -8.10. The normalized spacial score (nSPS) is 13.2. The summed E-state index contributed by atoms with van der Waals surface area (Å²) in [5.74, 6) is 3.87. The molecule has 13 rings (SSSR count). The standard InChI is InChI=1S/C58H44N2O6/c1-33(2)35-5-11-41(12-6-35)59(45-17-19-51-57(27-45)63-31-61-51)43-15-9-37-23-47-49-29-50-48-24-38-10-16-44(22-40(38)26-54(48)66-56(50)30-55(49)65-53(47)25-39(37)21-43)60(42-13-7-36(8-14-42)34(3)4)46-18-20-52-58(28-46)64-32-62-52/h5-30,33-34H,31-32H2,1-4H3. The first-order chi connectivity index (χ1) is 32.3. The Morgan fingerprint density at radius 2 is 0.682 bits per heavy atom. The first-order valence-corrected chi connectivity index (χ1v) is 22.6. The minimum absolute atomic E-state index is 0.226. The molecule has 322 valence electrons. The maximum Gasteiger partial charge on any atom is 0.231 e. The summed E-state index contributed by atoms with van der Waals surface area (Å²) in [4.78, 5) is 4.53. The Morgan fingerprint density at radius 1 is 0.318 bits per heavy atom. The van der Waals surface area contributed by atoms with E-state index >= 15 is 0 Å². The second-order valence-electron chi connectivity index (χ2n) is 18.0. The van der Waals surface area contributed by atoms with E-state index in [-0.39, 0.29) is 13.6 Å². The Kier molecular flexibility index (Phi) is 8.56. The monoisotopic (exact) mass is 864 g/mol. The molecule has 2 aromatic heterocycles. The average Bonchev–Trinajstić information content (AvgIpc) is 4.14. The van der Waals surface area contributed by atoms with Crippen molar-refractivity contribution in [2.45, 2.75) is 39.5 Å². The largest absolute Gasteiger partial charge is 0.456 e. The molecule has 0 radical (unpaired) electrons. The average molecular weight is 865 g/mol. The highest BCUT2D eigenvalue weighted by Crippen LogP contribution is 2.46. The van der Waals surface area contributed by atoms with E-state index in [0.717, 1.165) is 123 Å². The molecule has 4 heterocycles. The highest BCUT2D eigenvalue weighted by molar-refractivity contribution is 6.18. The number of fused-ring (bicyclic) bond motifs is 10. The molecule has 0 unspecified atom stereocenters. The molecule has 8 heteroatoms. The second-order valence-corrected chi connectivity index (χ2v) is 18.0. The molecule has 11 aromatic rings. The Bertz CT molecular complexity index is 3490. The van der Waals surface area contributed by atoms with E-state index in [0.29, 0.717) is 11.8 Å². The van der Waals surface area contributed by atoms with Crippen LogP contribution in [0.15, 0.2) is 167 Å². The highest BCUT2D eigenvalue weighted by atomic mass is 16.7. The molecule has 0 N–H and O–H groups in total. The van der Waals surface area contributed by atoms with E-state index < -0.39 is 0 Å². The van der Waals surface area contributed by atoms with Gasteiger partial charge in [-0.2, -0.15) is 0 Å². The number of furan rings is 2. The van der Waals surface area contributed by atoms with Crippen LogP contribution in [0, 0.1) is 0 Å². The topological polar surface area (TPSA) is 69.7 Å². The van der Waals surface area contributed by atoms with Gasteiger partial charge in [0, 0.05) is 62.5 Å². The summed E-state index contributed by atoms with van der Waals surface area (Å²) in [5.41, 5.74) is 11.9. The molecule has 0 amide bonds. The van der Waals surface area contributed by atoms with Gasteiger partial charge in [-0.05, 0) is 148 Å². The third-order valence-corrected chi connectivity index (χ3v) is 13.3. The molecular weight excluding hydrogens is 821 g/mol. The number of ether oxygens (including phenoxy) is 4. The Balaban J connectivity index is 0.884. The lowest BCUT2D eigenvalue weighted by molar-refractivity contribution is 0.173. The summed E-state index contributed by atoms with van der Waals surface area (Å²) >= 11 is 0. The van der Waals surface area contributed by atoms with Crippen LogP contribution >= 0.6 is 0 Å². The van der Waals surface area contributed by atoms with Crippen LogP contribution in [0.5, 0.6) is 23.0 Å². The SMILES string of the molecule is CC(C)c1ccc(N(c2ccc3c(c2)OCO3)c2ccc3cc4c(cc3c2)oc2cc3oc5cc6cc(N(c7ccc(C(C)C)cc7)c7ccc8c(c7)OCO8)ccc6cc5c3cc24)cc1. The van der Waals surface area contributed by atoms with E-state index in [9.17, 15) is 0 Å². The molecule has 2 aliphatic heterocycles. The maximum atomic E-state index is 6.65. The summed E-state index contributed by atoms with van der Waals surface area (Å²) in [5, 5.41) is 8.64. The van der Waals surface area contributed by atoms with E-state index in [1.54, 1.807) is 0 Å². The summed E-state index contributed by atoms with van der Waals surface area (Å²) in [7, 11) is 0. The fraction of sp³-hybridized carbons (Fsp3) is 0.138. The lowest BCUT2D eigenvalue weighted by atomic mass is 10.0. The number of nitrogens with zero attached hydrogens (tertiary/aromatic N) is 2. The van der Waals surface area contributed by atoms with E-state index in [1.807, 2.05) is 18.2 Å². The van der Waals surface area contributed by atoms with E-state index in [1.165, 1.54) is 11.1 Å². The molecule has 66 heavy (non-hydrogen) atoms. The number of rotatable bonds is 8. The first-order valence-electron chi connectivity index (χ1n) is 22.6. The van der Waals surface area contributed by atoms with Crippen LogP contribution in [0.1, 0.15) is 50.7 Å². The van der Waals surface area contributed by atoms with Gasteiger partial charge in [0.1, 0.15) is 22.3 Å². The number of hydrogen-bond acceptors (Lipinski definition) is 8. The molecule has 0 bridgehead atoms. The Morgan fingerprint density at radius 3 is 1.12 bits per heavy atom. The molecule has 0 saturated carbocycles. The Labute approximate surface area is 380 Å². The lowest BCUT2D eigenvalue weighted by Crippen LogP contribution is -2.10. The predicted octanol–water partition coefficient (Wildman–Crippen LogP) is 16.4. The quantitative estimate of drug-likeness (QED) is 0.150. The minimum atomic E-state index is 0.226. The molecule has 0 fully saturated rings. The van der Waals surface area contributed by atoms with Crippen LogP contribution < -0.4 is 28.7 Å². The molecule has 0 aliphatic carbocycles. The van der Waals surface area contributed by atoms with Crippen molar-refractivity contribution in [1.82, 2.24) is 0 Å². The second kappa shape index (κ2) is 14.7. The van der Waals surface area contributed by atoms with E-state index in [4.69, 9.17) is 27.8 Å². The van der Waals surface area contributed by atoms with E-state index in [2.05, 4.69) is 177 Å². The molecule has 0 spiro atoms. The predicted molar refractivity (Wildman–Crippen MR) is 266 cm³/mol. The van der Waals surface area contributed by atoms with Gasteiger partial charge in [-0.1, -0.05) is 64.1 Å². The van der Waals surface area contributed by atoms with Crippen molar-refractivity contribution in [3.63, 3.8) is 0 Å². The van der Waals surface area contributed by atoms with Crippen LogP contribution in [0.2, 0.25) is 0 Å². The number of hydrogen-bond donors (Lipinski definition) is 0. The van der Waals surface area contributed by atoms with Gasteiger partial charge < -0.3 is 37.6 Å². The van der Waals surface area contributed by atoms with Crippen molar-refractivity contribution in [3.8, 4) is 23.0 Å². The molecular formula is C58H44N2O6. The summed E-state index contributed by atoms with van der Waals surface area (Å²) in [6.07, 6.45) is 0. The molecule has 0 atom stereocenters. The smallest absolute Gasteiger partial charge is 0.231 e. The third-order valence-electron chi connectivity index (χ3n) is 13.3. The fourth-order valence-electron chi connectivity index (χ4n) is 9.74. The number of benzene rings is 9. The van der Waals surface area contributed by atoms with Crippen LogP contribution in [-0.4, -0.2) is 13.6 Å². The van der Waals surface area contributed by atoms with Gasteiger partial charge >= 0.3 is 0 Å². The molecule has 8 nitrogen and oxygen atoms in total. The van der Waals surface area contributed by atoms with Gasteiger partial charge in [0.05, 0.1) is 11.4 Å². The van der Waals surface area contributed by atoms with Crippen LogP contribution in [0.3, 0.4) is 0 Å². The number of anilines is 6. The van der Waals surface area contributed by atoms with Gasteiger partial charge in [0.15, 0.2) is 23.0 Å². The van der Waals surface area contributed by atoms with Gasteiger partial charge in [-0.3, -0.25) is 0 Å². The van der Waals surface area contributed by atoms with Crippen molar-refractivity contribution in [2.75, 3.05) is 23.4 Å². The zero-order chi connectivity index (χ0) is 44.2. The summed E-state index contributed by atoms with van der Waals surface area (Å²) in [6, 6.07) is 56.1. The van der Waals surface area contributed by atoms with Crippen LogP contribution in [0.4, 0.5) is 34.1 Å². The van der Waals surface area contributed by atoms with Gasteiger partial charge in [0.25, 0.3) is 0 Å². The zero-order valence-electron chi connectivity index (χ0n) is 36.9. The first kappa shape index (κ1) is 38.4. The van der Waals surface area contributed by atoms with Gasteiger partial charge in [0.2, 0.25) is 13.6 Å². The third kappa shape index (κ3) is 6.27. The molecule has 2 aliphatic rings. The van der Waals surface area contributed by atoms with Gasteiger partial charge in [-0.15, -0.1) is 0 Å². The van der Waals surface area contributed by atoms with Crippen LogP contribution in [0.25, 0.3) is 65.4 Å². The lowest BCUT2D eigenvalue weighted by Gasteiger charge is -2.26. The van der Waals surface area contributed by atoms with Crippen molar-refractivity contribution in [2.24, 2.45) is 0 Å². The van der Waals surface area contributed by atoms with Crippen molar-refractivity contribution < 1.29 is 27.8 Å². The van der Waals surface area contributed by atoms with Crippen molar-refractivity contribution >= 4 is 99.5 Å². The maximum absolute atomic E-state index is 6.65. The van der Waals surface area contributed by atoms with Crippen molar-refractivity contribution in [3.05, 3.63) is 169 Å². The summed E-state index contributed by atoms with van der Waals surface area (Å²) in [6.45, 7) is 9.32. The summed E-state index contributed by atoms with van der Waals surface area (Å²) < 4.78 is 36.2.